The Balaban J connectivity index is 2.03. The third kappa shape index (κ3) is 3.54. The van der Waals surface area contributed by atoms with Crippen molar-refractivity contribution in [1.29, 1.82) is 0 Å². The monoisotopic (exact) mass is 307 g/mol. The van der Waals surface area contributed by atoms with E-state index in [0.717, 1.165) is 11.3 Å². The Bertz CT molecular complexity index is 695. The highest BCUT2D eigenvalue weighted by Gasteiger charge is 2.14. The van der Waals surface area contributed by atoms with Gasteiger partial charge in [0.15, 0.2) is 0 Å². The second-order valence-electron chi connectivity index (χ2n) is 3.85. The number of nitrogens with zero attached hydrogens (tertiary/aromatic N) is 1. The van der Waals surface area contributed by atoms with Crippen molar-refractivity contribution in [3.05, 3.63) is 51.4 Å². The summed E-state index contributed by atoms with van der Waals surface area (Å²) >= 11 is 1.08. The summed E-state index contributed by atoms with van der Waals surface area (Å²) in [4.78, 5) is 32.6. The van der Waals surface area contributed by atoms with Crippen LogP contribution in [-0.2, 0) is 0 Å². The van der Waals surface area contributed by atoms with E-state index in [9.17, 15) is 19.7 Å². The maximum absolute atomic E-state index is 11.7. The van der Waals surface area contributed by atoms with Crippen LogP contribution in [0.1, 0.15) is 10.4 Å². The summed E-state index contributed by atoms with van der Waals surface area (Å²) in [5.74, 6) is -1.14. The van der Waals surface area contributed by atoms with Gasteiger partial charge in [0.1, 0.15) is 5.00 Å². The standard InChI is InChI=1S/C12H9N3O5S/c16-11(17)9-5-6-21-10(9)14-12(18)13-7-1-3-8(4-2-7)15(19)20/h1-6H,(H,16,17)(H2,13,14,18). The predicted molar refractivity (Wildman–Crippen MR) is 77.0 cm³/mol. The third-order valence-corrected chi connectivity index (χ3v) is 3.29. The number of benzene rings is 1. The van der Waals surface area contributed by atoms with E-state index < -0.39 is 16.9 Å². The zero-order chi connectivity index (χ0) is 15.4. The first-order chi connectivity index (χ1) is 9.97. The van der Waals surface area contributed by atoms with Crippen LogP contribution in [0.4, 0.5) is 21.2 Å². The topological polar surface area (TPSA) is 122 Å². The van der Waals surface area contributed by atoms with Gasteiger partial charge >= 0.3 is 12.0 Å². The van der Waals surface area contributed by atoms with E-state index in [1.54, 1.807) is 5.38 Å². The Labute approximate surface area is 122 Å². The van der Waals surface area contributed by atoms with Crippen LogP contribution in [0.2, 0.25) is 0 Å². The number of aromatic carboxylic acids is 1. The van der Waals surface area contributed by atoms with Gasteiger partial charge in [-0.3, -0.25) is 15.4 Å². The molecular weight excluding hydrogens is 298 g/mol. The lowest BCUT2D eigenvalue weighted by molar-refractivity contribution is -0.384. The van der Waals surface area contributed by atoms with Gasteiger partial charge in [-0.1, -0.05) is 0 Å². The van der Waals surface area contributed by atoms with E-state index in [4.69, 9.17) is 5.11 Å². The number of rotatable bonds is 4. The van der Waals surface area contributed by atoms with Crippen LogP contribution in [0.3, 0.4) is 0 Å². The van der Waals surface area contributed by atoms with Gasteiger partial charge in [-0.25, -0.2) is 9.59 Å². The molecule has 0 spiro atoms. The minimum atomic E-state index is -1.14. The molecule has 0 fully saturated rings. The van der Waals surface area contributed by atoms with Gasteiger partial charge in [-0.15, -0.1) is 11.3 Å². The number of nitrogens with one attached hydrogen (secondary N) is 2. The number of carbonyl (C=O) groups excluding carboxylic acids is 1. The average molecular weight is 307 g/mol. The lowest BCUT2D eigenvalue weighted by Gasteiger charge is -2.06. The van der Waals surface area contributed by atoms with Crippen molar-refractivity contribution >= 4 is 39.7 Å². The van der Waals surface area contributed by atoms with E-state index in [0.29, 0.717) is 5.69 Å². The van der Waals surface area contributed by atoms with Gasteiger partial charge in [0.2, 0.25) is 0 Å². The molecule has 1 heterocycles. The summed E-state index contributed by atoms with van der Waals surface area (Å²) in [5, 5.41) is 26.0. The average Bonchev–Trinajstić information content (AvgIpc) is 2.87. The third-order valence-electron chi connectivity index (χ3n) is 2.46. The molecular formula is C12H9N3O5S. The predicted octanol–water partition coefficient (Wildman–Crippen LogP) is 3.00. The molecule has 0 aliphatic heterocycles. The fourth-order valence-electron chi connectivity index (χ4n) is 1.51. The first-order valence-corrected chi connectivity index (χ1v) is 6.48. The van der Waals surface area contributed by atoms with Crippen molar-refractivity contribution in [2.45, 2.75) is 0 Å². The maximum atomic E-state index is 11.7. The largest absolute Gasteiger partial charge is 0.478 e. The highest BCUT2D eigenvalue weighted by molar-refractivity contribution is 7.14. The molecule has 2 rings (SSSR count). The zero-order valence-electron chi connectivity index (χ0n) is 10.4. The highest BCUT2D eigenvalue weighted by atomic mass is 32.1. The molecule has 0 aliphatic rings. The number of anilines is 2. The molecule has 2 aromatic rings. The van der Waals surface area contributed by atoms with Gasteiger partial charge in [-0.2, -0.15) is 0 Å². The second-order valence-corrected chi connectivity index (χ2v) is 4.77. The van der Waals surface area contributed by atoms with Gasteiger partial charge in [-0.05, 0) is 23.6 Å². The molecule has 0 bridgehead atoms. The normalized spacial score (nSPS) is 9.90. The fourth-order valence-corrected chi connectivity index (χ4v) is 2.28. The molecule has 0 radical (unpaired) electrons. The number of thiophene rings is 1. The Kier molecular flexibility index (Phi) is 4.14. The van der Waals surface area contributed by atoms with Gasteiger partial charge in [0.05, 0.1) is 10.5 Å². The molecule has 0 aliphatic carbocycles. The van der Waals surface area contributed by atoms with Gasteiger partial charge < -0.3 is 10.4 Å². The number of carbonyl (C=O) groups is 2. The molecule has 9 heteroatoms. The summed E-state index contributed by atoms with van der Waals surface area (Å²) in [5.41, 5.74) is 0.262. The summed E-state index contributed by atoms with van der Waals surface area (Å²) < 4.78 is 0. The first-order valence-electron chi connectivity index (χ1n) is 5.60. The number of non-ortho nitro benzene ring substituents is 1. The fraction of sp³-hybridized carbons (Fsp3) is 0. The quantitative estimate of drug-likeness (QED) is 0.592. The highest BCUT2D eigenvalue weighted by Crippen LogP contribution is 2.23. The molecule has 3 N–H and O–H groups in total. The Morgan fingerprint density at radius 3 is 2.38 bits per heavy atom. The minimum Gasteiger partial charge on any atom is -0.478 e. The number of nitro groups is 1. The molecule has 1 aromatic carbocycles. The number of hydrogen-bond donors (Lipinski definition) is 3. The van der Waals surface area contributed by atoms with Crippen LogP contribution < -0.4 is 10.6 Å². The Morgan fingerprint density at radius 2 is 1.81 bits per heavy atom. The van der Waals surface area contributed by atoms with Crippen molar-refractivity contribution in [1.82, 2.24) is 0 Å². The van der Waals surface area contributed by atoms with Gasteiger partial charge in [0.25, 0.3) is 5.69 Å². The maximum Gasteiger partial charge on any atom is 0.338 e. The molecule has 0 atom stereocenters. The van der Waals surface area contributed by atoms with Crippen molar-refractivity contribution in [2.75, 3.05) is 10.6 Å². The smallest absolute Gasteiger partial charge is 0.338 e. The number of urea groups is 1. The lowest BCUT2D eigenvalue weighted by atomic mass is 10.3. The van der Waals surface area contributed by atoms with E-state index in [1.807, 2.05) is 0 Å². The summed E-state index contributed by atoms with van der Waals surface area (Å²) in [6.45, 7) is 0. The molecule has 0 unspecified atom stereocenters. The van der Waals surface area contributed by atoms with Crippen LogP contribution in [0.5, 0.6) is 0 Å². The van der Waals surface area contributed by atoms with Crippen molar-refractivity contribution in [3.8, 4) is 0 Å². The van der Waals surface area contributed by atoms with Crippen LogP contribution in [-0.4, -0.2) is 22.0 Å². The number of amides is 2. The molecule has 0 saturated heterocycles. The number of nitro benzene ring substituents is 1. The van der Waals surface area contributed by atoms with E-state index in [1.165, 1.54) is 30.3 Å². The molecule has 108 valence electrons. The molecule has 2 amide bonds. The van der Waals surface area contributed by atoms with Crippen molar-refractivity contribution in [2.24, 2.45) is 0 Å². The van der Waals surface area contributed by atoms with Crippen LogP contribution in [0.15, 0.2) is 35.7 Å². The van der Waals surface area contributed by atoms with Crippen LogP contribution in [0, 0.1) is 10.1 Å². The van der Waals surface area contributed by atoms with Crippen molar-refractivity contribution < 1.29 is 19.6 Å². The molecule has 0 saturated carbocycles. The Hall–Kier alpha value is -2.94. The van der Waals surface area contributed by atoms with E-state index in [-0.39, 0.29) is 16.3 Å². The first kappa shape index (κ1) is 14.5. The SMILES string of the molecule is O=C(Nc1ccc([N+](=O)[O-])cc1)Nc1sccc1C(=O)O. The van der Waals surface area contributed by atoms with Crippen molar-refractivity contribution in [3.63, 3.8) is 0 Å². The molecule has 21 heavy (non-hydrogen) atoms. The minimum absolute atomic E-state index is 0.00107. The molecule has 8 nitrogen and oxygen atoms in total. The number of hydrogen-bond acceptors (Lipinski definition) is 5. The summed E-state index contributed by atoms with van der Waals surface area (Å²) in [6, 6.07) is 6.02. The van der Waals surface area contributed by atoms with E-state index in [2.05, 4.69) is 10.6 Å². The summed E-state index contributed by atoms with van der Waals surface area (Å²) in [7, 11) is 0. The summed E-state index contributed by atoms with van der Waals surface area (Å²) in [6.07, 6.45) is 0. The number of carboxylic acid groups (broad SMARTS) is 1. The lowest BCUT2D eigenvalue weighted by Crippen LogP contribution is -2.19. The van der Waals surface area contributed by atoms with Crippen LogP contribution in [0.25, 0.3) is 0 Å². The van der Waals surface area contributed by atoms with Gasteiger partial charge in [0, 0.05) is 17.8 Å². The Morgan fingerprint density at radius 1 is 1.14 bits per heavy atom. The number of carboxylic acids is 1. The zero-order valence-corrected chi connectivity index (χ0v) is 11.2. The molecule has 1 aromatic heterocycles. The van der Waals surface area contributed by atoms with Crippen LogP contribution >= 0.6 is 11.3 Å². The second kappa shape index (κ2) is 6.01. The van der Waals surface area contributed by atoms with E-state index >= 15 is 0 Å².